The molecule has 3 heterocycles. The minimum Gasteiger partial charge on any atom is -0.349 e. The molecule has 0 aromatic carbocycles. The van der Waals surface area contributed by atoms with Gasteiger partial charge in [-0.05, 0) is 18.3 Å². The van der Waals surface area contributed by atoms with E-state index in [2.05, 4.69) is 15.1 Å². The van der Waals surface area contributed by atoms with Crippen molar-refractivity contribution in [1.29, 1.82) is 0 Å². The summed E-state index contributed by atoms with van der Waals surface area (Å²) in [6.07, 6.45) is 3.65. The smallest absolute Gasteiger partial charge is 0.192 e. The van der Waals surface area contributed by atoms with Crippen LogP contribution < -0.4 is 5.32 Å². The fourth-order valence-electron chi connectivity index (χ4n) is 2.02. The second-order valence-electron chi connectivity index (χ2n) is 4.30. The van der Waals surface area contributed by atoms with Gasteiger partial charge in [0.25, 0.3) is 0 Å². The lowest BCUT2D eigenvalue weighted by atomic mass is 10.4. The minimum absolute atomic E-state index is 0.147. The molecule has 0 atom stereocenters. The molecular formula is C13H14N4O2. The van der Waals surface area contributed by atoms with E-state index >= 15 is 0 Å². The predicted molar refractivity (Wildman–Crippen MR) is 68.9 cm³/mol. The van der Waals surface area contributed by atoms with E-state index in [1.54, 1.807) is 12.1 Å². The molecule has 1 fully saturated rings. The van der Waals surface area contributed by atoms with Gasteiger partial charge in [-0.25, -0.2) is 9.83 Å². The summed E-state index contributed by atoms with van der Waals surface area (Å²) in [6, 6.07) is 3.55. The third-order valence-electron chi connectivity index (χ3n) is 2.93. The Morgan fingerprint density at radius 2 is 2.32 bits per heavy atom. The van der Waals surface area contributed by atoms with E-state index < -0.39 is 0 Å². The summed E-state index contributed by atoms with van der Waals surface area (Å²) in [7, 11) is 0. The number of ether oxygens (including phenoxy) is 2. The molecule has 3 rings (SSSR count). The lowest BCUT2D eigenvalue weighted by molar-refractivity contribution is -0.0392. The maximum atomic E-state index is 6.98. The summed E-state index contributed by atoms with van der Waals surface area (Å²) in [6.45, 7) is 9.62. The molecule has 2 aromatic rings. The largest absolute Gasteiger partial charge is 0.349 e. The summed E-state index contributed by atoms with van der Waals surface area (Å²) >= 11 is 0. The predicted octanol–water partition coefficient (Wildman–Crippen LogP) is 1.35. The number of aromatic nitrogens is 2. The molecule has 1 aliphatic rings. The van der Waals surface area contributed by atoms with Crippen molar-refractivity contribution in [3.8, 4) is 0 Å². The zero-order valence-electron chi connectivity index (χ0n) is 10.4. The van der Waals surface area contributed by atoms with E-state index in [4.69, 9.17) is 16.0 Å². The quantitative estimate of drug-likeness (QED) is 0.841. The van der Waals surface area contributed by atoms with Gasteiger partial charge in [0.1, 0.15) is 5.65 Å². The van der Waals surface area contributed by atoms with Gasteiger partial charge >= 0.3 is 0 Å². The molecule has 1 saturated heterocycles. The highest BCUT2D eigenvalue weighted by Gasteiger charge is 2.15. The van der Waals surface area contributed by atoms with Crippen LogP contribution in [0.5, 0.6) is 0 Å². The van der Waals surface area contributed by atoms with Gasteiger partial charge in [-0.15, -0.1) is 0 Å². The monoisotopic (exact) mass is 258 g/mol. The summed E-state index contributed by atoms with van der Waals surface area (Å²) in [4.78, 5) is 7.85. The third-order valence-corrected chi connectivity index (χ3v) is 2.93. The number of nitrogens with one attached hydrogen (secondary N) is 1. The molecule has 0 saturated carbocycles. The molecule has 98 valence electrons. The lowest BCUT2D eigenvalue weighted by Crippen LogP contribution is -2.27. The number of fused-ring (bicyclic) bond motifs is 1. The van der Waals surface area contributed by atoms with Gasteiger partial charge in [0.15, 0.2) is 12.0 Å². The fourth-order valence-corrected chi connectivity index (χ4v) is 2.02. The van der Waals surface area contributed by atoms with Crippen molar-refractivity contribution >= 4 is 11.3 Å². The minimum atomic E-state index is -0.147. The van der Waals surface area contributed by atoms with Crippen molar-refractivity contribution in [2.75, 3.05) is 19.8 Å². The van der Waals surface area contributed by atoms with Crippen LogP contribution in [-0.2, 0) is 16.0 Å². The van der Waals surface area contributed by atoms with Crippen LogP contribution in [0.2, 0.25) is 0 Å². The summed E-state index contributed by atoms with van der Waals surface area (Å²) < 4.78 is 12.6. The van der Waals surface area contributed by atoms with Crippen LogP contribution in [0.25, 0.3) is 10.5 Å². The zero-order valence-corrected chi connectivity index (χ0v) is 10.4. The lowest BCUT2D eigenvalue weighted by Gasteiger charge is -2.08. The second-order valence-corrected chi connectivity index (χ2v) is 4.30. The van der Waals surface area contributed by atoms with Gasteiger partial charge in [-0.2, -0.15) is 0 Å². The number of pyridine rings is 1. The van der Waals surface area contributed by atoms with Crippen LogP contribution in [0.4, 0.5) is 5.69 Å². The Morgan fingerprint density at radius 3 is 3.11 bits per heavy atom. The molecule has 19 heavy (non-hydrogen) atoms. The first-order chi connectivity index (χ1) is 9.35. The normalized spacial score (nSPS) is 15.9. The Bertz CT molecular complexity index is 611. The molecule has 1 aliphatic heterocycles. The van der Waals surface area contributed by atoms with Crippen molar-refractivity contribution < 1.29 is 9.47 Å². The SMILES string of the molecule is [C-]#[N+]c1ccn2cc(CNCC3OCCO3)nc2c1. The van der Waals surface area contributed by atoms with Crippen LogP contribution in [0.3, 0.4) is 0 Å². The van der Waals surface area contributed by atoms with Crippen LogP contribution in [0.1, 0.15) is 5.69 Å². The Morgan fingerprint density at radius 1 is 1.47 bits per heavy atom. The Kier molecular flexibility index (Phi) is 3.42. The van der Waals surface area contributed by atoms with Gasteiger partial charge < -0.3 is 19.2 Å². The fraction of sp³-hybridized carbons (Fsp3) is 0.385. The molecule has 1 N–H and O–H groups in total. The average Bonchev–Trinajstić information content (AvgIpc) is 3.06. The maximum Gasteiger partial charge on any atom is 0.192 e. The molecular weight excluding hydrogens is 244 g/mol. The van der Waals surface area contributed by atoms with Gasteiger partial charge in [0.05, 0.1) is 25.5 Å². The van der Waals surface area contributed by atoms with E-state index in [0.717, 1.165) is 11.3 Å². The van der Waals surface area contributed by atoms with Crippen LogP contribution in [0.15, 0.2) is 24.5 Å². The van der Waals surface area contributed by atoms with E-state index in [1.165, 1.54) is 0 Å². The van der Waals surface area contributed by atoms with E-state index in [0.29, 0.717) is 32.0 Å². The van der Waals surface area contributed by atoms with Gasteiger partial charge in [-0.3, -0.25) is 0 Å². The van der Waals surface area contributed by atoms with Crippen LogP contribution >= 0.6 is 0 Å². The average molecular weight is 258 g/mol. The number of hydrogen-bond donors (Lipinski definition) is 1. The van der Waals surface area contributed by atoms with Gasteiger partial charge in [-0.1, -0.05) is 0 Å². The van der Waals surface area contributed by atoms with Crippen molar-refractivity contribution in [2.24, 2.45) is 0 Å². The number of imidazole rings is 1. The Labute approximate surface area is 110 Å². The van der Waals surface area contributed by atoms with Crippen molar-refractivity contribution in [3.63, 3.8) is 0 Å². The van der Waals surface area contributed by atoms with Gasteiger partial charge in [0.2, 0.25) is 0 Å². The first kappa shape index (κ1) is 12.1. The molecule has 0 aliphatic carbocycles. The van der Waals surface area contributed by atoms with Crippen LogP contribution in [-0.4, -0.2) is 35.4 Å². The Hall–Kier alpha value is -1.94. The Balaban J connectivity index is 1.63. The van der Waals surface area contributed by atoms with Gasteiger partial charge in [0, 0.05) is 19.3 Å². The van der Waals surface area contributed by atoms with E-state index in [1.807, 2.05) is 16.8 Å². The van der Waals surface area contributed by atoms with Crippen molar-refractivity contribution in [1.82, 2.24) is 14.7 Å². The molecule has 0 spiro atoms. The maximum absolute atomic E-state index is 6.98. The zero-order chi connectivity index (χ0) is 13.1. The van der Waals surface area contributed by atoms with E-state index in [-0.39, 0.29) is 6.29 Å². The molecule has 0 amide bonds. The second kappa shape index (κ2) is 5.36. The highest BCUT2D eigenvalue weighted by molar-refractivity contribution is 5.55. The third kappa shape index (κ3) is 2.74. The topological polar surface area (TPSA) is 52.1 Å². The summed E-state index contributed by atoms with van der Waals surface area (Å²) in [5.41, 5.74) is 2.32. The standard InChI is InChI=1S/C13H14N4O2/c1-14-10-2-3-17-9-11(16-12(17)6-10)7-15-8-13-18-4-5-19-13/h2-3,6,9,13,15H,4-5,7-8H2. The van der Waals surface area contributed by atoms with Crippen molar-refractivity contribution in [3.05, 3.63) is 41.6 Å². The number of hydrogen-bond acceptors (Lipinski definition) is 4. The molecule has 0 radical (unpaired) electrons. The first-order valence-electron chi connectivity index (χ1n) is 6.14. The highest BCUT2D eigenvalue weighted by Crippen LogP contribution is 2.15. The number of rotatable bonds is 4. The molecule has 6 nitrogen and oxygen atoms in total. The summed E-state index contributed by atoms with van der Waals surface area (Å²) in [5.74, 6) is 0. The van der Waals surface area contributed by atoms with Crippen molar-refractivity contribution in [2.45, 2.75) is 12.8 Å². The number of nitrogens with zero attached hydrogens (tertiary/aromatic N) is 3. The molecule has 0 unspecified atom stereocenters. The van der Waals surface area contributed by atoms with E-state index in [9.17, 15) is 0 Å². The molecule has 6 heteroatoms. The first-order valence-corrected chi connectivity index (χ1v) is 6.14. The summed E-state index contributed by atoms with van der Waals surface area (Å²) in [5, 5.41) is 3.25. The highest BCUT2D eigenvalue weighted by atomic mass is 16.7. The molecule has 0 bridgehead atoms. The van der Waals surface area contributed by atoms with Crippen LogP contribution in [0, 0.1) is 6.57 Å². The molecule has 2 aromatic heterocycles.